The Morgan fingerprint density at radius 1 is 1.09 bits per heavy atom. The van der Waals surface area contributed by atoms with Crippen molar-refractivity contribution in [2.24, 2.45) is 0 Å². The molecule has 1 saturated heterocycles. The van der Waals surface area contributed by atoms with Crippen LogP contribution in [0.3, 0.4) is 0 Å². The van der Waals surface area contributed by atoms with Crippen LogP contribution in [0.1, 0.15) is 43.0 Å². The zero-order valence-electron chi connectivity index (χ0n) is 13.3. The molecule has 0 atom stereocenters. The van der Waals surface area contributed by atoms with Crippen LogP contribution < -0.4 is 5.32 Å². The number of likely N-dealkylation sites (tertiary alicyclic amines) is 1. The Morgan fingerprint density at radius 3 is 2.35 bits per heavy atom. The SMILES string of the molecule is CCOC(=O)CCC(=O)Nc1ccc(C(=O)N2CCCC2)cc1. The van der Waals surface area contributed by atoms with E-state index in [0.29, 0.717) is 17.9 Å². The van der Waals surface area contributed by atoms with Gasteiger partial charge in [0.25, 0.3) is 5.91 Å². The summed E-state index contributed by atoms with van der Waals surface area (Å²) in [7, 11) is 0. The van der Waals surface area contributed by atoms with E-state index in [-0.39, 0.29) is 30.6 Å². The topological polar surface area (TPSA) is 75.7 Å². The van der Waals surface area contributed by atoms with Crippen molar-refractivity contribution in [3.8, 4) is 0 Å². The molecule has 0 aromatic heterocycles. The third-order valence-electron chi connectivity index (χ3n) is 3.67. The lowest BCUT2D eigenvalue weighted by Crippen LogP contribution is -2.27. The molecule has 1 fully saturated rings. The highest BCUT2D eigenvalue weighted by molar-refractivity contribution is 5.96. The van der Waals surface area contributed by atoms with Crippen LogP contribution in [-0.2, 0) is 14.3 Å². The number of nitrogens with zero attached hydrogens (tertiary/aromatic N) is 1. The summed E-state index contributed by atoms with van der Waals surface area (Å²) in [5, 5.41) is 2.70. The molecule has 0 bridgehead atoms. The Kier molecular flexibility index (Phi) is 6.14. The molecule has 1 aromatic carbocycles. The van der Waals surface area contributed by atoms with Crippen molar-refractivity contribution in [2.75, 3.05) is 25.0 Å². The van der Waals surface area contributed by atoms with Crippen molar-refractivity contribution >= 4 is 23.5 Å². The summed E-state index contributed by atoms with van der Waals surface area (Å²) in [6, 6.07) is 6.82. The lowest BCUT2D eigenvalue weighted by Gasteiger charge is -2.15. The first kappa shape index (κ1) is 17.0. The molecule has 1 aliphatic heterocycles. The minimum atomic E-state index is -0.380. The highest BCUT2D eigenvalue weighted by atomic mass is 16.5. The van der Waals surface area contributed by atoms with Crippen molar-refractivity contribution in [1.82, 2.24) is 4.90 Å². The van der Waals surface area contributed by atoms with Gasteiger partial charge in [0.1, 0.15) is 0 Å². The van der Waals surface area contributed by atoms with Gasteiger partial charge >= 0.3 is 5.97 Å². The number of hydrogen-bond donors (Lipinski definition) is 1. The predicted octanol–water partition coefficient (Wildman–Crippen LogP) is 2.20. The van der Waals surface area contributed by atoms with E-state index in [1.807, 2.05) is 4.90 Å². The molecule has 0 spiro atoms. The number of carbonyl (C=O) groups is 3. The van der Waals surface area contributed by atoms with Gasteiger partial charge in [-0.25, -0.2) is 0 Å². The fourth-order valence-corrected chi connectivity index (χ4v) is 2.47. The van der Waals surface area contributed by atoms with E-state index in [1.54, 1.807) is 31.2 Å². The molecule has 2 rings (SSSR count). The normalized spacial score (nSPS) is 13.7. The van der Waals surface area contributed by atoms with Gasteiger partial charge in [-0.15, -0.1) is 0 Å². The Hall–Kier alpha value is -2.37. The number of benzene rings is 1. The lowest BCUT2D eigenvalue weighted by molar-refractivity contribution is -0.144. The molecule has 6 nitrogen and oxygen atoms in total. The predicted molar refractivity (Wildman–Crippen MR) is 86.1 cm³/mol. The standard InChI is InChI=1S/C17H22N2O4/c1-2-23-16(21)10-9-15(20)18-14-7-5-13(6-8-14)17(22)19-11-3-4-12-19/h5-8H,2-4,9-12H2,1H3,(H,18,20). The van der Waals surface area contributed by atoms with Gasteiger partial charge in [-0.2, -0.15) is 0 Å². The van der Waals surface area contributed by atoms with E-state index in [0.717, 1.165) is 25.9 Å². The van der Waals surface area contributed by atoms with E-state index in [2.05, 4.69) is 5.32 Å². The van der Waals surface area contributed by atoms with E-state index >= 15 is 0 Å². The fraction of sp³-hybridized carbons (Fsp3) is 0.471. The van der Waals surface area contributed by atoms with Gasteiger partial charge in [0.05, 0.1) is 13.0 Å². The Balaban J connectivity index is 1.83. The second-order valence-electron chi connectivity index (χ2n) is 5.43. The third-order valence-corrected chi connectivity index (χ3v) is 3.67. The zero-order valence-corrected chi connectivity index (χ0v) is 13.3. The van der Waals surface area contributed by atoms with Gasteiger partial charge in [-0.05, 0) is 44.0 Å². The smallest absolute Gasteiger partial charge is 0.306 e. The van der Waals surface area contributed by atoms with Crippen molar-refractivity contribution in [2.45, 2.75) is 32.6 Å². The second kappa shape index (κ2) is 8.31. The van der Waals surface area contributed by atoms with Crippen molar-refractivity contribution in [3.05, 3.63) is 29.8 Å². The van der Waals surface area contributed by atoms with Crippen LogP contribution in [0.5, 0.6) is 0 Å². The lowest BCUT2D eigenvalue weighted by atomic mass is 10.1. The first-order valence-electron chi connectivity index (χ1n) is 7.95. The molecular weight excluding hydrogens is 296 g/mol. The first-order valence-corrected chi connectivity index (χ1v) is 7.95. The minimum absolute atomic E-state index is 0.0303. The average molecular weight is 318 g/mol. The molecule has 0 saturated carbocycles. The molecule has 2 amide bonds. The molecule has 23 heavy (non-hydrogen) atoms. The maximum absolute atomic E-state index is 12.2. The highest BCUT2D eigenvalue weighted by Crippen LogP contribution is 2.15. The summed E-state index contributed by atoms with van der Waals surface area (Å²) in [5.41, 5.74) is 1.23. The van der Waals surface area contributed by atoms with Crippen molar-refractivity contribution in [1.29, 1.82) is 0 Å². The number of nitrogens with one attached hydrogen (secondary N) is 1. The van der Waals surface area contributed by atoms with E-state index < -0.39 is 0 Å². The van der Waals surface area contributed by atoms with E-state index in [1.165, 1.54) is 0 Å². The Labute approximate surface area is 135 Å². The molecule has 1 N–H and O–H groups in total. The summed E-state index contributed by atoms with van der Waals surface area (Å²) >= 11 is 0. The Bertz CT molecular complexity index is 562. The van der Waals surface area contributed by atoms with E-state index in [4.69, 9.17) is 4.74 Å². The molecule has 1 heterocycles. The summed E-state index contributed by atoms with van der Waals surface area (Å²) in [6.07, 6.45) is 2.25. The van der Waals surface area contributed by atoms with Crippen LogP contribution in [0.4, 0.5) is 5.69 Å². The molecule has 6 heteroatoms. The number of anilines is 1. The third kappa shape index (κ3) is 5.09. The van der Waals surface area contributed by atoms with Crippen LogP contribution in [0, 0.1) is 0 Å². The van der Waals surface area contributed by atoms with Crippen LogP contribution in [0.25, 0.3) is 0 Å². The molecule has 0 aliphatic carbocycles. The average Bonchev–Trinajstić information content (AvgIpc) is 3.08. The van der Waals surface area contributed by atoms with E-state index in [9.17, 15) is 14.4 Å². The first-order chi connectivity index (χ1) is 11.1. The molecule has 1 aromatic rings. The summed E-state index contributed by atoms with van der Waals surface area (Å²) in [6.45, 7) is 3.66. The molecule has 1 aliphatic rings. The van der Waals surface area contributed by atoms with Gasteiger partial charge in [0, 0.05) is 30.8 Å². The number of ether oxygens (including phenoxy) is 1. The maximum atomic E-state index is 12.2. The Morgan fingerprint density at radius 2 is 1.74 bits per heavy atom. The second-order valence-corrected chi connectivity index (χ2v) is 5.43. The van der Waals surface area contributed by atoms with Crippen LogP contribution in [0.2, 0.25) is 0 Å². The fourth-order valence-electron chi connectivity index (χ4n) is 2.47. The minimum Gasteiger partial charge on any atom is -0.466 e. The number of esters is 1. The number of hydrogen-bond acceptors (Lipinski definition) is 4. The quantitative estimate of drug-likeness (QED) is 0.816. The van der Waals surface area contributed by atoms with Crippen molar-refractivity contribution < 1.29 is 19.1 Å². The van der Waals surface area contributed by atoms with Gasteiger partial charge < -0.3 is 15.0 Å². The molecule has 0 unspecified atom stereocenters. The largest absolute Gasteiger partial charge is 0.466 e. The monoisotopic (exact) mass is 318 g/mol. The van der Waals surface area contributed by atoms with Crippen molar-refractivity contribution in [3.63, 3.8) is 0 Å². The van der Waals surface area contributed by atoms with Gasteiger partial charge in [0.15, 0.2) is 0 Å². The molecule has 0 radical (unpaired) electrons. The summed E-state index contributed by atoms with van der Waals surface area (Å²) < 4.78 is 4.77. The zero-order chi connectivity index (χ0) is 16.7. The number of rotatable bonds is 6. The molecule has 124 valence electrons. The van der Waals surface area contributed by atoms with Gasteiger partial charge in [0.2, 0.25) is 5.91 Å². The summed E-state index contributed by atoms with van der Waals surface area (Å²) in [4.78, 5) is 37.0. The highest BCUT2D eigenvalue weighted by Gasteiger charge is 2.19. The summed E-state index contributed by atoms with van der Waals surface area (Å²) in [5.74, 6) is -0.603. The number of carbonyl (C=O) groups excluding carboxylic acids is 3. The maximum Gasteiger partial charge on any atom is 0.306 e. The number of amides is 2. The van der Waals surface area contributed by atoms with Gasteiger partial charge in [-0.1, -0.05) is 0 Å². The van der Waals surface area contributed by atoms with Gasteiger partial charge in [-0.3, -0.25) is 14.4 Å². The molecular formula is C17H22N2O4. The van der Waals surface area contributed by atoms with Crippen LogP contribution >= 0.6 is 0 Å². The van der Waals surface area contributed by atoms with Crippen LogP contribution in [0.15, 0.2) is 24.3 Å². The van der Waals surface area contributed by atoms with Crippen LogP contribution in [-0.4, -0.2) is 42.4 Å².